The molecule has 0 aromatic heterocycles. The molecule has 0 bridgehead atoms. The SMILES string of the molecule is CCOC(=O)C1=C(C(F)(F)F)NC(N)=C(C#N)C1c1ccccc1Cl. The molecular weight excluding hydrogens is 359 g/mol. The summed E-state index contributed by atoms with van der Waals surface area (Å²) in [6.07, 6.45) is -4.91. The number of ether oxygens (including phenoxy) is 1. The number of nitrogens with one attached hydrogen (secondary N) is 1. The molecule has 0 saturated heterocycles. The van der Waals surface area contributed by atoms with Crippen molar-refractivity contribution >= 4 is 17.6 Å². The molecule has 25 heavy (non-hydrogen) atoms. The van der Waals surface area contributed by atoms with Crippen LogP contribution in [0.2, 0.25) is 5.02 Å². The van der Waals surface area contributed by atoms with Gasteiger partial charge in [-0.3, -0.25) is 0 Å². The van der Waals surface area contributed by atoms with Crippen molar-refractivity contribution in [3.8, 4) is 6.07 Å². The highest BCUT2D eigenvalue weighted by molar-refractivity contribution is 6.31. The molecule has 2 rings (SSSR count). The lowest BCUT2D eigenvalue weighted by Gasteiger charge is -2.30. The number of nitriles is 1. The van der Waals surface area contributed by atoms with E-state index in [1.54, 1.807) is 12.1 Å². The molecule has 5 nitrogen and oxygen atoms in total. The number of benzene rings is 1. The molecule has 1 aromatic carbocycles. The molecule has 1 aromatic rings. The van der Waals surface area contributed by atoms with Gasteiger partial charge < -0.3 is 15.8 Å². The van der Waals surface area contributed by atoms with E-state index < -0.39 is 35.2 Å². The number of alkyl halides is 3. The van der Waals surface area contributed by atoms with Crippen LogP contribution in [-0.4, -0.2) is 18.8 Å². The number of halogens is 4. The van der Waals surface area contributed by atoms with E-state index in [2.05, 4.69) is 0 Å². The van der Waals surface area contributed by atoms with Crippen molar-refractivity contribution in [2.75, 3.05) is 6.61 Å². The highest BCUT2D eigenvalue weighted by Crippen LogP contribution is 2.43. The zero-order valence-electron chi connectivity index (χ0n) is 12.9. The topological polar surface area (TPSA) is 88.1 Å². The Labute approximate surface area is 146 Å². The van der Waals surface area contributed by atoms with E-state index in [0.29, 0.717) is 0 Å². The first-order chi connectivity index (χ1) is 11.7. The molecule has 132 valence electrons. The van der Waals surface area contributed by atoms with E-state index in [-0.39, 0.29) is 22.8 Å². The van der Waals surface area contributed by atoms with Crippen LogP contribution in [0.1, 0.15) is 18.4 Å². The second-order valence-electron chi connectivity index (χ2n) is 5.03. The minimum Gasteiger partial charge on any atom is -0.463 e. The van der Waals surface area contributed by atoms with Gasteiger partial charge in [-0.05, 0) is 18.6 Å². The summed E-state index contributed by atoms with van der Waals surface area (Å²) in [5, 5.41) is 11.4. The van der Waals surface area contributed by atoms with Crippen LogP contribution in [0.5, 0.6) is 0 Å². The fourth-order valence-corrected chi connectivity index (χ4v) is 2.76. The van der Waals surface area contributed by atoms with Gasteiger partial charge in [-0.25, -0.2) is 4.79 Å². The molecule has 1 aliphatic heterocycles. The van der Waals surface area contributed by atoms with Crippen molar-refractivity contribution in [1.29, 1.82) is 5.26 Å². The van der Waals surface area contributed by atoms with Crippen molar-refractivity contribution in [1.82, 2.24) is 5.32 Å². The lowest BCUT2D eigenvalue weighted by atomic mass is 9.81. The zero-order chi connectivity index (χ0) is 18.8. The van der Waals surface area contributed by atoms with Gasteiger partial charge in [0.15, 0.2) is 0 Å². The first-order valence-electron chi connectivity index (χ1n) is 7.12. The second-order valence-corrected chi connectivity index (χ2v) is 5.43. The largest absolute Gasteiger partial charge is 0.463 e. The zero-order valence-corrected chi connectivity index (χ0v) is 13.7. The number of carbonyl (C=O) groups is 1. The smallest absolute Gasteiger partial charge is 0.431 e. The number of esters is 1. The predicted molar refractivity (Wildman–Crippen MR) is 83.9 cm³/mol. The molecule has 9 heteroatoms. The van der Waals surface area contributed by atoms with Crippen molar-refractivity contribution < 1.29 is 22.7 Å². The third-order valence-electron chi connectivity index (χ3n) is 3.51. The Morgan fingerprint density at radius 3 is 2.60 bits per heavy atom. The van der Waals surface area contributed by atoms with Gasteiger partial charge in [-0.2, -0.15) is 18.4 Å². The van der Waals surface area contributed by atoms with Crippen LogP contribution in [0.25, 0.3) is 0 Å². The summed E-state index contributed by atoms with van der Waals surface area (Å²) in [6, 6.07) is 7.73. The number of allylic oxidation sites excluding steroid dienone is 2. The molecule has 0 spiro atoms. The molecule has 1 unspecified atom stereocenters. The number of nitrogens with two attached hydrogens (primary N) is 1. The van der Waals surface area contributed by atoms with Crippen LogP contribution < -0.4 is 11.1 Å². The Balaban J connectivity index is 2.80. The van der Waals surface area contributed by atoms with E-state index >= 15 is 0 Å². The Morgan fingerprint density at radius 2 is 2.08 bits per heavy atom. The fourth-order valence-electron chi connectivity index (χ4n) is 2.51. The van der Waals surface area contributed by atoms with Gasteiger partial charge in [0.1, 0.15) is 11.5 Å². The lowest BCUT2D eigenvalue weighted by Crippen LogP contribution is -2.39. The Bertz CT molecular complexity index is 810. The summed E-state index contributed by atoms with van der Waals surface area (Å²) < 4.78 is 45.2. The number of dihydropyridines is 1. The molecule has 0 saturated carbocycles. The van der Waals surface area contributed by atoms with Crippen molar-refractivity contribution in [3.05, 3.63) is 57.5 Å². The van der Waals surface area contributed by atoms with Crippen LogP contribution >= 0.6 is 11.6 Å². The average Bonchev–Trinajstić information content (AvgIpc) is 2.53. The third-order valence-corrected chi connectivity index (χ3v) is 3.86. The normalized spacial score (nSPS) is 17.8. The maximum absolute atomic E-state index is 13.5. The van der Waals surface area contributed by atoms with E-state index in [1.807, 2.05) is 5.32 Å². The molecule has 1 atom stereocenters. The molecule has 3 N–H and O–H groups in total. The standard InChI is InChI=1S/C16H13ClF3N3O2/c1-2-25-15(24)12-11(8-5-3-4-6-10(8)17)9(7-21)14(22)23-13(12)16(18,19)20/h3-6,11,23H,2,22H2,1H3. The van der Waals surface area contributed by atoms with Crippen LogP contribution in [0.3, 0.4) is 0 Å². The molecule has 0 radical (unpaired) electrons. The van der Waals surface area contributed by atoms with Crippen LogP contribution in [0, 0.1) is 11.3 Å². The van der Waals surface area contributed by atoms with Gasteiger partial charge >= 0.3 is 12.1 Å². The van der Waals surface area contributed by atoms with E-state index in [1.165, 1.54) is 25.1 Å². The number of hydrogen-bond donors (Lipinski definition) is 2. The van der Waals surface area contributed by atoms with E-state index in [4.69, 9.17) is 22.1 Å². The maximum Gasteiger partial charge on any atom is 0.431 e. The molecule has 1 aliphatic rings. The van der Waals surface area contributed by atoms with Crippen molar-refractivity contribution in [2.45, 2.75) is 19.0 Å². The molecule has 0 fully saturated rings. The molecule has 0 amide bonds. The first-order valence-corrected chi connectivity index (χ1v) is 7.49. The van der Waals surface area contributed by atoms with Gasteiger partial charge in [0.25, 0.3) is 0 Å². The van der Waals surface area contributed by atoms with Crippen LogP contribution in [0.4, 0.5) is 13.2 Å². The summed E-state index contributed by atoms with van der Waals surface area (Å²) in [7, 11) is 0. The van der Waals surface area contributed by atoms with Gasteiger partial charge in [0, 0.05) is 5.02 Å². The van der Waals surface area contributed by atoms with E-state index in [9.17, 15) is 23.2 Å². The number of hydrogen-bond acceptors (Lipinski definition) is 5. The van der Waals surface area contributed by atoms with Crippen LogP contribution in [-0.2, 0) is 9.53 Å². The maximum atomic E-state index is 13.5. The molecule has 0 aliphatic carbocycles. The number of nitrogens with zero attached hydrogens (tertiary/aromatic N) is 1. The van der Waals surface area contributed by atoms with Crippen LogP contribution in [0.15, 0.2) is 46.9 Å². The summed E-state index contributed by atoms with van der Waals surface area (Å²) in [6.45, 7) is 1.33. The minimum atomic E-state index is -4.91. The second kappa shape index (κ2) is 7.07. The summed E-state index contributed by atoms with van der Waals surface area (Å²) in [5.41, 5.74) is 3.38. The highest BCUT2D eigenvalue weighted by Gasteiger charge is 2.46. The number of rotatable bonds is 3. The minimum absolute atomic E-state index is 0.0956. The average molecular weight is 372 g/mol. The Hall–Kier alpha value is -2.66. The van der Waals surface area contributed by atoms with Gasteiger partial charge in [0.2, 0.25) is 0 Å². The molecular formula is C16H13ClF3N3O2. The van der Waals surface area contributed by atoms with Gasteiger partial charge in [0.05, 0.1) is 29.7 Å². The monoisotopic (exact) mass is 371 g/mol. The quantitative estimate of drug-likeness (QED) is 0.797. The van der Waals surface area contributed by atoms with Gasteiger partial charge in [-0.15, -0.1) is 0 Å². The Morgan fingerprint density at radius 1 is 1.44 bits per heavy atom. The highest BCUT2D eigenvalue weighted by atomic mass is 35.5. The predicted octanol–water partition coefficient (Wildman–Crippen LogP) is 3.10. The van der Waals surface area contributed by atoms with Gasteiger partial charge in [-0.1, -0.05) is 29.8 Å². The lowest BCUT2D eigenvalue weighted by molar-refractivity contribution is -0.140. The Kier molecular flexibility index (Phi) is 5.28. The van der Waals surface area contributed by atoms with Crippen molar-refractivity contribution in [2.24, 2.45) is 5.73 Å². The number of carbonyl (C=O) groups excluding carboxylic acids is 1. The van der Waals surface area contributed by atoms with E-state index in [0.717, 1.165) is 0 Å². The summed E-state index contributed by atoms with van der Waals surface area (Å²) in [4.78, 5) is 12.3. The molecule has 1 heterocycles. The first kappa shape index (κ1) is 18.7. The van der Waals surface area contributed by atoms with Crippen molar-refractivity contribution in [3.63, 3.8) is 0 Å². The fraction of sp³-hybridized carbons (Fsp3) is 0.250. The summed E-state index contributed by atoms with van der Waals surface area (Å²) in [5.74, 6) is -3.09. The third kappa shape index (κ3) is 3.56. The summed E-state index contributed by atoms with van der Waals surface area (Å²) >= 11 is 6.09.